The van der Waals surface area contributed by atoms with Gasteiger partial charge in [-0.05, 0) is 13.3 Å². The maximum atomic E-state index is 11.2. The molecule has 1 unspecified atom stereocenters. The molecular formula is C8H14O4. The predicted molar refractivity (Wildman–Crippen MR) is 41.5 cm³/mol. The summed E-state index contributed by atoms with van der Waals surface area (Å²) >= 11 is 0. The summed E-state index contributed by atoms with van der Waals surface area (Å²) in [6.45, 7) is 4.02. The van der Waals surface area contributed by atoms with Crippen molar-refractivity contribution in [2.45, 2.75) is 32.2 Å². The summed E-state index contributed by atoms with van der Waals surface area (Å²) in [5.41, 5.74) is 0. The zero-order valence-corrected chi connectivity index (χ0v) is 7.62. The number of hydrogen-bond donors (Lipinski definition) is 0. The second-order valence-corrected chi connectivity index (χ2v) is 3.00. The minimum Gasteiger partial charge on any atom is -0.465 e. The van der Waals surface area contributed by atoms with Crippen LogP contribution in [0.15, 0.2) is 0 Å². The van der Waals surface area contributed by atoms with Gasteiger partial charge in [-0.25, -0.2) is 4.79 Å². The van der Waals surface area contributed by atoms with Crippen LogP contribution in [0.2, 0.25) is 0 Å². The van der Waals surface area contributed by atoms with E-state index in [1.807, 2.05) is 6.92 Å². The van der Waals surface area contributed by atoms with Gasteiger partial charge in [-0.3, -0.25) is 0 Å². The van der Waals surface area contributed by atoms with Gasteiger partial charge in [0, 0.05) is 6.92 Å². The van der Waals surface area contributed by atoms with Gasteiger partial charge in [0.2, 0.25) is 0 Å². The first kappa shape index (κ1) is 9.48. The lowest BCUT2D eigenvalue weighted by molar-refractivity contribution is -0.277. The van der Waals surface area contributed by atoms with Crippen molar-refractivity contribution >= 4 is 5.97 Å². The molecule has 70 valence electrons. The third-order valence-corrected chi connectivity index (χ3v) is 1.88. The fourth-order valence-electron chi connectivity index (χ4n) is 1.19. The first-order valence-electron chi connectivity index (χ1n) is 3.98. The first-order valence-corrected chi connectivity index (χ1v) is 3.98. The van der Waals surface area contributed by atoms with E-state index in [9.17, 15) is 4.79 Å². The van der Waals surface area contributed by atoms with Crippen LogP contribution in [-0.2, 0) is 19.0 Å². The molecule has 0 aromatic rings. The van der Waals surface area contributed by atoms with Crippen molar-refractivity contribution in [1.82, 2.24) is 0 Å². The normalized spacial score (nSPS) is 36.1. The lowest BCUT2D eigenvalue weighted by Gasteiger charge is -2.34. The molecule has 0 N–H and O–H groups in total. The van der Waals surface area contributed by atoms with Gasteiger partial charge in [0.05, 0.1) is 19.8 Å². The highest BCUT2D eigenvalue weighted by Gasteiger charge is 2.41. The van der Waals surface area contributed by atoms with E-state index in [1.54, 1.807) is 6.92 Å². The molecule has 1 saturated heterocycles. The molecule has 0 radical (unpaired) electrons. The second kappa shape index (κ2) is 3.41. The molecule has 0 amide bonds. The monoisotopic (exact) mass is 174 g/mol. The zero-order chi connectivity index (χ0) is 9.19. The van der Waals surface area contributed by atoms with E-state index in [4.69, 9.17) is 9.47 Å². The summed E-state index contributed by atoms with van der Waals surface area (Å²) in [5.74, 6) is -1.68. The van der Waals surface area contributed by atoms with Crippen molar-refractivity contribution in [3.05, 3.63) is 0 Å². The highest BCUT2D eigenvalue weighted by Crippen LogP contribution is 2.23. The summed E-state index contributed by atoms with van der Waals surface area (Å²) in [6, 6.07) is 0. The Kier molecular flexibility index (Phi) is 2.69. The molecule has 1 aliphatic rings. The molecule has 1 heterocycles. The van der Waals surface area contributed by atoms with Crippen molar-refractivity contribution < 1.29 is 19.0 Å². The molecule has 0 aromatic heterocycles. The van der Waals surface area contributed by atoms with Crippen LogP contribution in [0, 0.1) is 0 Å². The standard InChI is InChI=1S/C8H14O4/c1-6-4-5-11-8(2,12-6)7(9)10-3/h6H,4-5H2,1-3H3/t6-,8?/m0/s1. The van der Waals surface area contributed by atoms with Gasteiger partial charge >= 0.3 is 5.97 Å². The minimum absolute atomic E-state index is 0.0443. The quantitative estimate of drug-likeness (QED) is 0.549. The first-order chi connectivity index (χ1) is 5.58. The smallest absolute Gasteiger partial charge is 0.366 e. The lowest BCUT2D eigenvalue weighted by Crippen LogP contribution is -2.48. The molecule has 0 aromatic carbocycles. The Morgan fingerprint density at radius 3 is 2.83 bits per heavy atom. The van der Waals surface area contributed by atoms with Gasteiger partial charge in [-0.2, -0.15) is 0 Å². The topological polar surface area (TPSA) is 44.8 Å². The van der Waals surface area contributed by atoms with Crippen LogP contribution < -0.4 is 0 Å². The summed E-state index contributed by atoms with van der Waals surface area (Å²) in [4.78, 5) is 11.2. The number of esters is 1. The Bertz CT molecular complexity index is 180. The van der Waals surface area contributed by atoms with Gasteiger partial charge in [-0.1, -0.05) is 0 Å². The van der Waals surface area contributed by atoms with Crippen LogP contribution in [0.4, 0.5) is 0 Å². The van der Waals surface area contributed by atoms with Crippen LogP contribution in [-0.4, -0.2) is 31.6 Å². The van der Waals surface area contributed by atoms with Crippen LogP contribution in [0.3, 0.4) is 0 Å². The number of ether oxygens (including phenoxy) is 3. The number of hydrogen-bond acceptors (Lipinski definition) is 4. The molecule has 4 nitrogen and oxygen atoms in total. The largest absolute Gasteiger partial charge is 0.465 e. The molecule has 1 aliphatic heterocycles. The average molecular weight is 174 g/mol. The van der Waals surface area contributed by atoms with Crippen LogP contribution in [0.5, 0.6) is 0 Å². The van der Waals surface area contributed by atoms with E-state index in [-0.39, 0.29) is 6.10 Å². The number of rotatable bonds is 1. The average Bonchev–Trinajstić information content (AvgIpc) is 2.02. The van der Waals surface area contributed by atoms with Gasteiger partial charge in [0.15, 0.2) is 0 Å². The molecule has 2 atom stereocenters. The third kappa shape index (κ3) is 1.76. The lowest BCUT2D eigenvalue weighted by atomic mass is 10.2. The van der Waals surface area contributed by atoms with Crippen LogP contribution in [0.1, 0.15) is 20.3 Å². The van der Waals surface area contributed by atoms with Crippen molar-refractivity contribution in [2.24, 2.45) is 0 Å². The Morgan fingerprint density at radius 1 is 1.67 bits per heavy atom. The SMILES string of the molecule is COC(=O)C1(C)OCC[C@H](C)O1. The van der Waals surface area contributed by atoms with Gasteiger partial charge in [0.25, 0.3) is 5.79 Å². The van der Waals surface area contributed by atoms with E-state index in [0.717, 1.165) is 6.42 Å². The summed E-state index contributed by atoms with van der Waals surface area (Å²) in [6.07, 6.45) is 0.856. The Hall–Kier alpha value is -0.610. The zero-order valence-electron chi connectivity index (χ0n) is 7.62. The van der Waals surface area contributed by atoms with Gasteiger partial charge in [0.1, 0.15) is 0 Å². The maximum absolute atomic E-state index is 11.2. The van der Waals surface area contributed by atoms with E-state index < -0.39 is 11.8 Å². The van der Waals surface area contributed by atoms with Crippen molar-refractivity contribution in [3.8, 4) is 0 Å². The van der Waals surface area contributed by atoms with E-state index in [0.29, 0.717) is 6.61 Å². The van der Waals surface area contributed by atoms with Gasteiger partial charge in [-0.15, -0.1) is 0 Å². The molecule has 4 heteroatoms. The summed E-state index contributed by atoms with van der Waals surface area (Å²) < 4.78 is 15.1. The van der Waals surface area contributed by atoms with E-state index in [1.165, 1.54) is 7.11 Å². The molecule has 1 rings (SSSR count). The second-order valence-electron chi connectivity index (χ2n) is 3.00. The van der Waals surface area contributed by atoms with E-state index in [2.05, 4.69) is 4.74 Å². The molecule has 0 spiro atoms. The summed E-state index contributed by atoms with van der Waals surface area (Å²) in [5, 5.41) is 0. The maximum Gasteiger partial charge on any atom is 0.366 e. The highest BCUT2D eigenvalue weighted by atomic mass is 16.7. The van der Waals surface area contributed by atoms with Crippen molar-refractivity contribution in [2.75, 3.05) is 13.7 Å². The van der Waals surface area contributed by atoms with Gasteiger partial charge < -0.3 is 14.2 Å². The highest BCUT2D eigenvalue weighted by molar-refractivity contribution is 5.77. The molecule has 1 fully saturated rings. The Labute approximate surface area is 71.8 Å². The molecule has 12 heavy (non-hydrogen) atoms. The van der Waals surface area contributed by atoms with Crippen molar-refractivity contribution in [3.63, 3.8) is 0 Å². The molecule has 0 aliphatic carbocycles. The number of carbonyl (C=O) groups excluding carboxylic acids is 1. The number of carbonyl (C=O) groups is 1. The van der Waals surface area contributed by atoms with Crippen molar-refractivity contribution in [1.29, 1.82) is 0 Å². The molecule has 0 bridgehead atoms. The van der Waals surface area contributed by atoms with Crippen LogP contribution >= 0.6 is 0 Å². The minimum atomic E-state index is -1.20. The fraction of sp³-hybridized carbons (Fsp3) is 0.875. The summed E-state index contributed by atoms with van der Waals surface area (Å²) in [7, 11) is 1.32. The number of methoxy groups -OCH3 is 1. The van der Waals surface area contributed by atoms with E-state index >= 15 is 0 Å². The third-order valence-electron chi connectivity index (χ3n) is 1.88. The van der Waals surface area contributed by atoms with Crippen LogP contribution in [0.25, 0.3) is 0 Å². The fourth-order valence-corrected chi connectivity index (χ4v) is 1.19. The Morgan fingerprint density at radius 2 is 2.33 bits per heavy atom. The molecular weight excluding hydrogens is 160 g/mol. The predicted octanol–water partition coefficient (Wildman–Crippen LogP) is 0.701. The molecule has 0 saturated carbocycles. The Balaban J connectivity index is 2.63.